The molecule has 0 radical (unpaired) electrons. The SMILES string of the molecule is Cc1cc(C(=O)NCC2CNCC2O)c(C)n1-c1ccccc1Br.Cl. The van der Waals surface area contributed by atoms with E-state index in [9.17, 15) is 9.90 Å². The van der Waals surface area contributed by atoms with Crippen LogP contribution >= 0.6 is 28.3 Å². The van der Waals surface area contributed by atoms with Crippen molar-refractivity contribution in [2.45, 2.75) is 20.0 Å². The summed E-state index contributed by atoms with van der Waals surface area (Å²) in [5, 5.41) is 15.9. The van der Waals surface area contributed by atoms with Crippen molar-refractivity contribution in [3.05, 3.63) is 51.8 Å². The number of aryl methyl sites for hydroxylation is 1. The molecule has 2 unspecified atom stereocenters. The van der Waals surface area contributed by atoms with Crippen LogP contribution in [0.2, 0.25) is 0 Å². The third-order valence-electron chi connectivity index (χ3n) is 4.60. The fourth-order valence-corrected chi connectivity index (χ4v) is 3.71. The van der Waals surface area contributed by atoms with Gasteiger partial charge in [0.25, 0.3) is 5.91 Å². The zero-order chi connectivity index (χ0) is 17.3. The first-order valence-corrected chi connectivity index (χ1v) is 8.89. The molecule has 2 aromatic rings. The number of nitrogens with zero attached hydrogens (tertiary/aromatic N) is 1. The number of para-hydroxylation sites is 1. The fourth-order valence-electron chi connectivity index (χ4n) is 3.24. The van der Waals surface area contributed by atoms with Gasteiger partial charge in [0.15, 0.2) is 0 Å². The van der Waals surface area contributed by atoms with Gasteiger partial charge in [-0.25, -0.2) is 0 Å². The highest BCUT2D eigenvalue weighted by molar-refractivity contribution is 9.10. The summed E-state index contributed by atoms with van der Waals surface area (Å²) >= 11 is 3.57. The highest BCUT2D eigenvalue weighted by Crippen LogP contribution is 2.26. The lowest BCUT2D eigenvalue weighted by atomic mass is 10.1. The fraction of sp³-hybridized carbons (Fsp3) is 0.389. The smallest absolute Gasteiger partial charge is 0.253 e. The van der Waals surface area contributed by atoms with Gasteiger partial charge in [0.2, 0.25) is 0 Å². The molecule has 3 rings (SSSR count). The highest BCUT2D eigenvalue weighted by atomic mass is 79.9. The number of aliphatic hydroxyl groups excluding tert-OH is 1. The van der Waals surface area contributed by atoms with E-state index in [0.29, 0.717) is 18.7 Å². The molecular weight excluding hydrogens is 406 g/mol. The first kappa shape index (κ1) is 20.0. The number of benzene rings is 1. The van der Waals surface area contributed by atoms with Gasteiger partial charge in [-0.15, -0.1) is 12.4 Å². The minimum atomic E-state index is -0.391. The second-order valence-electron chi connectivity index (χ2n) is 6.27. The predicted octanol–water partition coefficient (Wildman–Crippen LogP) is 2.59. The Bertz CT molecular complexity index is 763. The molecular formula is C18H23BrClN3O2. The molecule has 7 heteroatoms. The van der Waals surface area contributed by atoms with Crippen molar-refractivity contribution in [2.75, 3.05) is 19.6 Å². The van der Waals surface area contributed by atoms with Crippen molar-refractivity contribution >= 4 is 34.2 Å². The number of nitrogens with one attached hydrogen (secondary N) is 2. The molecule has 1 aliphatic heterocycles. The molecule has 0 spiro atoms. The zero-order valence-corrected chi connectivity index (χ0v) is 16.7. The van der Waals surface area contributed by atoms with Crippen LogP contribution in [0.5, 0.6) is 0 Å². The van der Waals surface area contributed by atoms with Crippen molar-refractivity contribution in [2.24, 2.45) is 5.92 Å². The van der Waals surface area contributed by atoms with Gasteiger partial charge in [-0.05, 0) is 48.0 Å². The van der Waals surface area contributed by atoms with E-state index in [4.69, 9.17) is 0 Å². The van der Waals surface area contributed by atoms with Gasteiger partial charge >= 0.3 is 0 Å². The maximum absolute atomic E-state index is 12.6. The van der Waals surface area contributed by atoms with Crippen LogP contribution in [0.25, 0.3) is 5.69 Å². The molecule has 3 N–H and O–H groups in total. The first-order chi connectivity index (χ1) is 11.5. The number of rotatable bonds is 4. The number of halogens is 2. The summed E-state index contributed by atoms with van der Waals surface area (Å²) in [4.78, 5) is 12.6. The Balaban J connectivity index is 0.00000225. The minimum absolute atomic E-state index is 0. The van der Waals surface area contributed by atoms with E-state index in [1.807, 2.05) is 44.2 Å². The van der Waals surface area contributed by atoms with Crippen molar-refractivity contribution in [1.29, 1.82) is 0 Å². The van der Waals surface area contributed by atoms with E-state index in [0.717, 1.165) is 28.1 Å². The lowest BCUT2D eigenvalue weighted by Gasteiger charge is -2.14. The maximum atomic E-state index is 12.6. The lowest BCUT2D eigenvalue weighted by molar-refractivity contribution is 0.0926. The van der Waals surface area contributed by atoms with Crippen LogP contribution in [0, 0.1) is 19.8 Å². The number of amides is 1. The van der Waals surface area contributed by atoms with Gasteiger partial charge in [-0.3, -0.25) is 4.79 Å². The Morgan fingerprint density at radius 3 is 2.72 bits per heavy atom. The standard InChI is InChI=1S/C18H22BrN3O2.ClH/c1-11-7-14(18(24)21-9-13-8-20-10-17(13)23)12(2)22(11)16-6-4-3-5-15(16)19;/h3-7,13,17,20,23H,8-10H2,1-2H3,(H,21,24);1H. The maximum Gasteiger partial charge on any atom is 0.253 e. The normalized spacial score (nSPS) is 19.5. The first-order valence-electron chi connectivity index (χ1n) is 8.10. The summed E-state index contributed by atoms with van der Waals surface area (Å²) in [7, 11) is 0. The monoisotopic (exact) mass is 427 g/mol. The number of carbonyl (C=O) groups is 1. The molecule has 5 nitrogen and oxygen atoms in total. The van der Waals surface area contributed by atoms with Crippen molar-refractivity contribution in [3.8, 4) is 5.69 Å². The topological polar surface area (TPSA) is 66.3 Å². The Morgan fingerprint density at radius 2 is 2.08 bits per heavy atom. The quantitative estimate of drug-likeness (QED) is 0.701. The zero-order valence-electron chi connectivity index (χ0n) is 14.3. The molecule has 2 atom stereocenters. The molecule has 2 heterocycles. The van der Waals surface area contributed by atoms with E-state index < -0.39 is 6.10 Å². The molecule has 136 valence electrons. The van der Waals surface area contributed by atoms with Crippen LogP contribution in [0.15, 0.2) is 34.8 Å². The molecule has 1 aromatic carbocycles. The molecule has 1 aromatic heterocycles. The predicted molar refractivity (Wildman–Crippen MR) is 105 cm³/mol. The second-order valence-corrected chi connectivity index (χ2v) is 7.12. The number of carbonyl (C=O) groups excluding carboxylic acids is 1. The molecule has 0 aliphatic carbocycles. The van der Waals surface area contributed by atoms with Gasteiger partial charge in [0, 0.05) is 41.4 Å². The molecule has 0 bridgehead atoms. The van der Waals surface area contributed by atoms with E-state index in [1.54, 1.807) is 0 Å². The van der Waals surface area contributed by atoms with Gasteiger partial charge in [-0.2, -0.15) is 0 Å². The van der Waals surface area contributed by atoms with Crippen molar-refractivity contribution in [3.63, 3.8) is 0 Å². The minimum Gasteiger partial charge on any atom is -0.391 e. The largest absolute Gasteiger partial charge is 0.391 e. The second kappa shape index (κ2) is 8.36. The van der Waals surface area contributed by atoms with Crippen LogP contribution < -0.4 is 10.6 Å². The lowest BCUT2D eigenvalue weighted by Crippen LogP contribution is -2.34. The molecule has 1 amide bonds. The third-order valence-corrected chi connectivity index (χ3v) is 5.27. The molecule has 1 saturated heterocycles. The van der Waals surface area contributed by atoms with Gasteiger partial charge in [0.1, 0.15) is 0 Å². The Morgan fingerprint density at radius 1 is 1.36 bits per heavy atom. The number of β-amino-alcohol motifs (C(OH)–C–C–N with tert-alkyl or cyclic N) is 1. The van der Waals surface area contributed by atoms with Crippen molar-refractivity contribution in [1.82, 2.24) is 15.2 Å². The number of hydrogen-bond acceptors (Lipinski definition) is 3. The Hall–Kier alpha value is -1.34. The highest BCUT2D eigenvalue weighted by Gasteiger charge is 2.26. The third kappa shape index (κ3) is 4.08. The molecule has 1 fully saturated rings. The van der Waals surface area contributed by atoms with Gasteiger partial charge in [-0.1, -0.05) is 12.1 Å². The Kier molecular flexibility index (Phi) is 6.68. The number of aliphatic hydroxyl groups is 1. The molecule has 1 aliphatic rings. The van der Waals surface area contributed by atoms with Crippen molar-refractivity contribution < 1.29 is 9.90 Å². The average molecular weight is 429 g/mol. The average Bonchev–Trinajstić information content (AvgIpc) is 3.09. The van der Waals surface area contributed by atoms with E-state index in [-0.39, 0.29) is 24.2 Å². The summed E-state index contributed by atoms with van der Waals surface area (Å²) in [6, 6.07) is 9.87. The number of hydrogen-bond donors (Lipinski definition) is 3. The summed E-state index contributed by atoms with van der Waals surface area (Å²) < 4.78 is 3.06. The summed E-state index contributed by atoms with van der Waals surface area (Å²) in [6.45, 7) is 5.75. The van der Waals surface area contributed by atoms with E-state index in [1.165, 1.54) is 0 Å². The van der Waals surface area contributed by atoms with E-state index in [2.05, 4.69) is 31.1 Å². The van der Waals surface area contributed by atoms with E-state index >= 15 is 0 Å². The van der Waals surface area contributed by atoms with Crippen LogP contribution in [0.4, 0.5) is 0 Å². The van der Waals surface area contributed by atoms with Crippen LogP contribution in [-0.2, 0) is 0 Å². The van der Waals surface area contributed by atoms with Crippen LogP contribution in [-0.4, -0.2) is 41.3 Å². The van der Waals surface area contributed by atoms with Gasteiger partial charge < -0.3 is 20.3 Å². The Labute approximate surface area is 162 Å². The van der Waals surface area contributed by atoms with Crippen LogP contribution in [0.3, 0.4) is 0 Å². The van der Waals surface area contributed by atoms with Gasteiger partial charge in [0.05, 0.1) is 17.4 Å². The number of aromatic nitrogens is 1. The molecule has 25 heavy (non-hydrogen) atoms. The van der Waals surface area contributed by atoms with Crippen LogP contribution in [0.1, 0.15) is 21.7 Å². The summed E-state index contributed by atoms with van der Waals surface area (Å²) in [5.41, 5.74) is 3.60. The summed E-state index contributed by atoms with van der Waals surface area (Å²) in [5.74, 6) is -0.0267. The summed E-state index contributed by atoms with van der Waals surface area (Å²) in [6.07, 6.45) is -0.391. The molecule has 0 saturated carbocycles.